The van der Waals surface area contributed by atoms with Crippen molar-refractivity contribution in [3.05, 3.63) is 36.0 Å². The molecule has 3 amide bonds. The molecule has 0 aliphatic heterocycles. The van der Waals surface area contributed by atoms with Crippen molar-refractivity contribution in [1.82, 2.24) is 20.9 Å². The molecule has 0 bridgehead atoms. The van der Waals surface area contributed by atoms with Gasteiger partial charge in [-0.3, -0.25) is 14.4 Å². The van der Waals surface area contributed by atoms with Crippen LogP contribution >= 0.6 is 11.8 Å². The summed E-state index contributed by atoms with van der Waals surface area (Å²) in [5, 5.41) is 27.7. The Morgan fingerprint density at radius 2 is 1.67 bits per heavy atom. The number of fused-ring (bicyclic) bond motifs is 1. The summed E-state index contributed by atoms with van der Waals surface area (Å²) in [7, 11) is 0. The van der Waals surface area contributed by atoms with Gasteiger partial charge in [-0.2, -0.15) is 11.8 Å². The predicted octanol–water partition coefficient (Wildman–Crippen LogP) is -0.160. The van der Waals surface area contributed by atoms with Gasteiger partial charge in [0, 0.05) is 23.5 Å². The number of aromatic amines is 1. The average Bonchev–Trinajstić information content (AvgIpc) is 3.31. The summed E-state index contributed by atoms with van der Waals surface area (Å²) in [5.41, 5.74) is 13.3. The third-order valence-corrected chi connectivity index (χ3v) is 6.97. The van der Waals surface area contributed by atoms with Gasteiger partial charge in [-0.25, -0.2) is 4.79 Å². The smallest absolute Gasteiger partial charge is 0.328 e. The number of rotatable bonds is 17. The second-order valence-electron chi connectivity index (χ2n) is 9.42. The average molecular weight is 565 g/mol. The first-order chi connectivity index (χ1) is 18.6. The largest absolute Gasteiger partial charge is 0.480 e. The van der Waals surface area contributed by atoms with Crippen LogP contribution in [0, 0.1) is 0 Å². The van der Waals surface area contributed by atoms with E-state index in [1.54, 1.807) is 18.0 Å². The number of carbonyl (C=O) groups excluding carboxylic acids is 3. The van der Waals surface area contributed by atoms with Crippen LogP contribution in [0.15, 0.2) is 30.5 Å². The highest BCUT2D eigenvalue weighted by atomic mass is 32.2. The molecule has 10 N–H and O–H groups in total. The number of aromatic nitrogens is 1. The highest BCUT2D eigenvalue weighted by Crippen LogP contribution is 2.19. The Kier molecular flexibility index (Phi) is 13.2. The van der Waals surface area contributed by atoms with Crippen molar-refractivity contribution in [3.8, 4) is 0 Å². The summed E-state index contributed by atoms with van der Waals surface area (Å²) in [5.74, 6) is -2.61. The molecule has 13 heteroatoms. The molecule has 12 nitrogen and oxygen atoms in total. The maximum atomic E-state index is 13.5. The van der Waals surface area contributed by atoms with E-state index < -0.39 is 54.0 Å². The molecule has 0 spiro atoms. The van der Waals surface area contributed by atoms with Crippen LogP contribution in [-0.4, -0.2) is 87.7 Å². The molecule has 1 aromatic heterocycles. The number of nitrogens with one attached hydrogen (secondary N) is 4. The van der Waals surface area contributed by atoms with Gasteiger partial charge >= 0.3 is 5.97 Å². The Morgan fingerprint density at radius 1 is 1.00 bits per heavy atom. The van der Waals surface area contributed by atoms with E-state index in [1.165, 1.54) is 6.92 Å². The van der Waals surface area contributed by atoms with Gasteiger partial charge in [-0.1, -0.05) is 18.2 Å². The molecular weight excluding hydrogens is 524 g/mol. The fourth-order valence-corrected chi connectivity index (χ4v) is 4.55. The van der Waals surface area contributed by atoms with Gasteiger partial charge in [0.1, 0.15) is 12.1 Å². The maximum absolute atomic E-state index is 13.5. The fraction of sp³-hybridized carbons (Fsp3) is 0.538. The third kappa shape index (κ3) is 9.84. The molecular formula is C26H40N6O6S. The first-order valence-corrected chi connectivity index (χ1v) is 14.3. The van der Waals surface area contributed by atoms with Crippen molar-refractivity contribution >= 4 is 46.4 Å². The van der Waals surface area contributed by atoms with Crippen molar-refractivity contribution in [3.63, 3.8) is 0 Å². The summed E-state index contributed by atoms with van der Waals surface area (Å²) < 4.78 is 0. The van der Waals surface area contributed by atoms with Gasteiger partial charge in [-0.15, -0.1) is 0 Å². The Bertz CT molecular complexity index is 1110. The van der Waals surface area contributed by atoms with Crippen LogP contribution in [0.5, 0.6) is 0 Å². The van der Waals surface area contributed by atoms with E-state index in [1.807, 2.05) is 30.5 Å². The van der Waals surface area contributed by atoms with Crippen molar-refractivity contribution in [2.45, 2.75) is 69.3 Å². The molecule has 5 atom stereocenters. The number of amides is 3. The Labute approximate surface area is 232 Å². The number of hydrogen-bond acceptors (Lipinski definition) is 8. The van der Waals surface area contributed by atoms with Gasteiger partial charge in [-0.05, 0) is 62.8 Å². The summed E-state index contributed by atoms with van der Waals surface area (Å²) in [6, 6.07) is 2.98. The minimum atomic E-state index is -1.55. The Balaban J connectivity index is 2.29. The van der Waals surface area contributed by atoms with Crippen molar-refractivity contribution < 1.29 is 29.4 Å². The number of hydrogen-bond donors (Lipinski definition) is 8. The van der Waals surface area contributed by atoms with E-state index >= 15 is 0 Å². The number of carboxylic acids is 1. The molecule has 0 saturated heterocycles. The predicted molar refractivity (Wildman–Crippen MR) is 151 cm³/mol. The molecule has 39 heavy (non-hydrogen) atoms. The van der Waals surface area contributed by atoms with E-state index in [9.17, 15) is 29.4 Å². The monoisotopic (exact) mass is 564 g/mol. The molecule has 1 aromatic carbocycles. The number of carboxylic acid groups (broad SMARTS) is 1. The number of aliphatic carboxylic acids is 1. The van der Waals surface area contributed by atoms with E-state index in [-0.39, 0.29) is 12.8 Å². The van der Waals surface area contributed by atoms with Crippen LogP contribution < -0.4 is 27.4 Å². The Hall–Kier alpha value is -3.13. The summed E-state index contributed by atoms with van der Waals surface area (Å²) in [6.07, 6.45) is 4.11. The zero-order valence-corrected chi connectivity index (χ0v) is 23.1. The number of carbonyl (C=O) groups is 4. The molecule has 2 rings (SSSR count). The first-order valence-electron chi connectivity index (χ1n) is 12.9. The lowest BCUT2D eigenvalue weighted by Gasteiger charge is -2.26. The van der Waals surface area contributed by atoms with Gasteiger partial charge in [0.25, 0.3) is 0 Å². The van der Waals surface area contributed by atoms with Crippen LogP contribution in [0.1, 0.15) is 38.2 Å². The minimum Gasteiger partial charge on any atom is -0.480 e. The molecule has 1 heterocycles. The highest BCUT2D eigenvalue weighted by molar-refractivity contribution is 7.98. The minimum absolute atomic E-state index is 0.124. The van der Waals surface area contributed by atoms with Gasteiger partial charge in [0.2, 0.25) is 17.7 Å². The molecule has 0 aliphatic rings. The fourth-order valence-electron chi connectivity index (χ4n) is 4.06. The maximum Gasteiger partial charge on any atom is 0.328 e. The van der Waals surface area contributed by atoms with Crippen LogP contribution in [0.4, 0.5) is 0 Å². The van der Waals surface area contributed by atoms with Crippen molar-refractivity contribution in [1.29, 1.82) is 0 Å². The zero-order valence-electron chi connectivity index (χ0n) is 22.3. The lowest BCUT2D eigenvalue weighted by Crippen LogP contribution is -2.58. The molecule has 0 fully saturated rings. The number of thioether (sulfide) groups is 1. The molecule has 0 saturated carbocycles. The number of para-hydroxylation sites is 1. The van der Waals surface area contributed by atoms with Crippen LogP contribution in [0.25, 0.3) is 10.9 Å². The molecule has 2 aromatic rings. The molecule has 216 valence electrons. The van der Waals surface area contributed by atoms with Crippen molar-refractivity contribution in [2.75, 3.05) is 18.6 Å². The summed E-state index contributed by atoms with van der Waals surface area (Å²) >= 11 is 1.55. The third-order valence-electron chi connectivity index (χ3n) is 6.33. The molecule has 0 aliphatic carbocycles. The number of H-pyrrole nitrogens is 1. The topological polar surface area (TPSA) is 213 Å². The quantitative estimate of drug-likeness (QED) is 0.120. The zero-order chi connectivity index (χ0) is 28.9. The molecule has 5 unspecified atom stereocenters. The molecule has 0 radical (unpaired) electrons. The van der Waals surface area contributed by atoms with E-state index in [0.717, 1.165) is 16.5 Å². The van der Waals surface area contributed by atoms with E-state index in [4.69, 9.17) is 11.5 Å². The second kappa shape index (κ2) is 16.1. The van der Waals surface area contributed by atoms with Crippen LogP contribution in [0.2, 0.25) is 0 Å². The summed E-state index contributed by atoms with van der Waals surface area (Å²) in [6.45, 7) is 1.62. The van der Waals surface area contributed by atoms with Gasteiger partial charge < -0.3 is 42.6 Å². The van der Waals surface area contributed by atoms with Crippen molar-refractivity contribution in [2.24, 2.45) is 11.5 Å². The second-order valence-corrected chi connectivity index (χ2v) is 10.4. The number of aliphatic hydroxyl groups is 1. The number of unbranched alkanes of at least 4 members (excludes halogenated alkanes) is 1. The Morgan fingerprint density at radius 3 is 2.31 bits per heavy atom. The lowest BCUT2D eigenvalue weighted by molar-refractivity contribution is -0.145. The van der Waals surface area contributed by atoms with Crippen LogP contribution in [-0.2, 0) is 25.6 Å². The number of benzene rings is 1. The summed E-state index contributed by atoms with van der Waals surface area (Å²) in [4.78, 5) is 54.0. The highest BCUT2D eigenvalue weighted by Gasteiger charge is 2.32. The van der Waals surface area contributed by atoms with Gasteiger partial charge in [0.15, 0.2) is 6.04 Å². The first kappa shape index (κ1) is 32.1. The standard InChI is InChI=1S/C26H40N6O6S/c1-15(33)22(26(37)38)32-24(35)20(9-5-6-11-27)30-25(36)21(31-23(34)18(28)10-12-39-2)13-16-14-29-19-8-4-3-7-17(16)19/h3-4,7-8,14-15,18,20-22,29,33H,5-6,9-13,27-28H2,1-2H3,(H,30,36)(H,31,34)(H,32,35)(H,37,38). The van der Waals surface area contributed by atoms with E-state index in [0.29, 0.717) is 31.6 Å². The SMILES string of the molecule is CSCCC(N)C(=O)NC(Cc1c[nH]c2ccccc12)C(=O)NC(CCCCN)C(=O)NC(C(=O)O)C(C)O. The van der Waals surface area contributed by atoms with Gasteiger partial charge in [0.05, 0.1) is 12.1 Å². The number of aliphatic hydroxyl groups excluding tert-OH is 1. The van der Waals surface area contributed by atoms with E-state index in [2.05, 4.69) is 20.9 Å². The normalized spacial score (nSPS) is 15.1. The van der Waals surface area contributed by atoms with Crippen LogP contribution in [0.3, 0.4) is 0 Å². The lowest BCUT2D eigenvalue weighted by atomic mass is 10.0. The number of nitrogens with two attached hydrogens (primary N) is 2.